The lowest BCUT2D eigenvalue weighted by molar-refractivity contribution is -0.143. The monoisotopic (exact) mass is 334 g/mol. The van der Waals surface area contributed by atoms with Gasteiger partial charge in [-0.2, -0.15) is 0 Å². The van der Waals surface area contributed by atoms with Gasteiger partial charge < -0.3 is 20.1 Å². The number of hydrogen-bond donors (Lipinski definition) is 3. The zero-order valence-electron chi connectivity index (χ0n) is 13.3. The highest BCUT2D eigenvalue weighted by atomic mass is 16.5. The molecule has 0 saturated heterocycles. The quantitative estimate of drug-likeness (QED) is 0.698. The van der Waals surface area contributed by atoms with E-state index in [0.29, 0.717) is 16.7 Å². The fourth-order valence-electron chi connectivity index (χ4n) is 2.29. The second kappa shape index (κ2) is 7.12. The number of fused-ring (bicyclic) bond motifs is 1. The SMILES string of the molecule is Cc1cc2onc(CC(=O)N[C@@H](CCC(=O)O)C(=O)O)c2cc1C. The summed E-state index contributed by atoms with van der Waals surface area (Å²) < 4.78 is 5.19. The maximum atomic E-state index is 12.1. The number of nitrogens with zero attached hydrogens (tertiary/aromatic N) is 1. The van der Waals surface area contributed by atoms with E-state index in [1.807, 2.05) is 26.0 Å². The van der Waals surface area contributed by atoms with Crippen molar-refractivity contribution in [3.8, 4) is 0 Å². The summed E-state index contributed by atoms with van der Waals surface area (Å²) in [5, 5.41) is 24.6. The molecule has 8 heteroatoms. The van der Waals surface area contributed by atoms with Crippen molar-refractivity contribution in [3.05, 3.63) is 29.0 Å². The number of hydrogen-bond acceptors (Lipinski definition) is 5. The molecule has 0 aliphatic rings. The standard InChI is InChI=1S/C16H18N2O6/c1-8-5-10-12(18-24-13(10)6-9(8)2)7-14(19)17-11(16(22)23)3-4-15(20)21/h5-6,11H,3-4,7H2,1-2H3,(H,17,19)(H,20,21)(H,22,23)/t11-/m0/s1. The van der Waals surface area contributed by atoms with Crippen molar-refractivity contribution in [3.63, 3.8) is 0 Å². The van der Waals surface area contributed by atoms with Gasteiger partial charge in [0.2, 0.25) is 5.91 Å². The Morgan fingerprint density at radius 2 is 1.88 bits per heavy atom. The van der Waals surface area contributed by atoms with E-state index in [0.717, 1.165) is 11.1 Å². The molecule has 0 bridgehead atoms. The average Bonchev–Trinajstić information content (AvgIpc) is 2.85. The lowest BCUT2D eigenvalue weighted by Gasteiger charge is -2.12. The zero-order chi connectivity index (χ0) is 17.9. The molecule has 0 radical (unpaired) electrons. The summed E-state index contributed by atoms with van der Waals surface area (Å²) in [5.41, 5.74) is 3.03. The molecule has 1 heterocycles. The van der Waals surface area contributed by atoms with E-state index in [9.17, 15) is 14.4 Å². The molecule has 0 aliphatic carbocycles. The fraction of sp³-hybridized carbons (Fsp3) is 0.375. The average molecular weight is 334 g/mol. The van der Waals surface area contributed by atoms with Gasteiger partial charge in [-0.15, -0.1) is 0 Å². The van der Waals surface area contributed by atoms with Crippen LogP contribution in [-0.4, -0.2) is 39.3 Å². The molecule has 8 nitrogen and oxygen atoms in total. The zero-order valence-corrected chi connectivity index (χ0v) is 13.3. The lowest BCUT2D eigenvalue weighted by atomic mass is 10.1. The summed E-state index contributed by atoms with van der Waals surface area (Å²) in [6, 6.07) is 2.44. The number of rotatable bonds is 7. The molecule has 0 aliphatic heterocycles. The van der Waals surface area contributed by atoms with Crippen LogP contribution in [0.2, 0.25) is 0 Å². The summed E-state index contributed by atoms with van der Waals surface area (Å²) in [6.07, 6.45) is -0.677. The Labute approximate surface area is 137 Å². The van der Waals surface area contributed by atoms with Crippen molar-refractivity contribution in [2.24, 2.45) is 0 Å². The van der Waals surface area contributed by atoms with Crippen LogP contribution in [0, 0.1) is 13.8 Å². The van der Waals surface area contributed by atoms with Crippen molar-refractivity contribution in [2.75, 3.05) is 0 Å². The maximum Gasteiger partial charge on any atom is 0.326 e. The van der Waals surface area contributed by atoms with E-state index in [1.54, 1.807) is 0 Å². The number of amides is 1. The Bertz CT molecular complexity index is 795. The molecule has 128 valence electrons. The third-order valence-corrected chi connectivity index (χ3v) is 3.77. The van der Waals surface area contributed by atoms with Crippen LogP contribution in [0.3, 0.4) is 0 Å². The van der Waals surface area contributed by atoms with E-state index >= 15 is 0 Å². The highest BCUT2D eigenvalue weighted by Crippen LogP contribution is 2.23. The largest absolute Gasteiger partial charge is 0.481 e. The predicted molar refractivity (Wildman–Crippen MR) is 83.6 cm³/mol. The lowest BCUT2D eigenvalue weighted by Crippen LogP contribution is -2.41. The maximum absolute atomic E-state index is 12.1. The van der Waals surface area contributed by atoms with Gasteiger partial charge in [0.15, 0.2) is 5.58 Å². The molecule has 0 unspecified atom stereocenters. The number of carbonyl (C=O) groups excluding carboxylic acids is 1. The first-order chi connectivity index (χ1) is 11.3. The van der Waals surface area contributed by atoms with Gasteiger partial charge in [0, 0.05) is 11.8 Å². The van der Waals surface area contributed by atoms with Crippen molar-refractivity contribution < 1.29 is 29.1 Å². The molecule has 1 atom stereocenters. The van der Waals surface area contributed by atoms with Crippen LogP contribution in [-0.2, 0) is 20.8 Å². The van der Waals surface area contributed by atoms with Crippen LogP contribution in [0.1, 0.15) is 29.7 Å². The number of benzene rings is 1. The molecule has 1 aromatic heterocycles. The van der Waals surface area contributed by atoms with Crippen LogP contribution in [0.25, 0.3) is 11.0 Å². The van der Waals surface area contributed by atoms with Crippen molar-refractivity contribution in [1.82, 2.24) is 10.5 Å². The molecule has 24 heavy (non-hydrogen) atoms. The third-order valence-electron chi connectivity index (χ3n) is 3.77. The van der Waals surface area contributed by atoms with E-state index in [-0.39, 0.29) is 19.3 Å². The minimum atomic E-state index is -1.28. The molecule has 0 saturated carbocycles. The Morgan fingerprint density at radius 1 is 1.21 bits per heavy atom. The van der Waals surface area contributed by atoms with Crippen molar-refractivity contribution >= 4 is 28.8 Å². The normalized spacial score (nSPS) is 12.1. The van der Waals surface area contributed by atoms with Crippen LogP contribution in [0.15, 0.2) is 16.7 Å². The first kappa shape index (κ1) is 17.5. The number of aromatic nitrogens is 1. The summed E-state index contributed by atoms with van der Waals surface area (Å²) in [5.74, 6) is -2.95. The van der Waals surface area contributed by atoms with E-state index in [4.69, 9.17) is 14.7 Å². The van der Waals surface area contributed by atoms with Gasteiger partial charge in [-0.3, -0.25) is 9.59 Å². The second-order valence-corrected chi connectivity index (χ2v) is 5.63. The molecule has 0 fully saturated rings. The Kier molecular flexibility index (Phi) is 5.18. The number of carboxylic acids is 2. The van der Waals surface area contributed by atoms with E-state index in [1.165, 1.54) is 0 Å². The molecule has 1 aromatic carbocycles. The number of carbonyl (C=O) groups is 3. The van der Waals surface area contributed by atoms with Crippen LogP contribution in [0.5, 0.6) is 0 Å². The molecule has 1 amide bonds. The molecule has 2 rings (SSSR count). The Hall–Kier alpha value is -2.90. The van der Waals surface area contributed by atoms with Gasteiger partial charge in [-0.05, 0) is 43.5 Å². The molecular weight excluding hydrogens is 316 g/mol. The van der Waals surface area contributed by atoms with E-state index in [2.05, 4.69) is 10.5 Å². The van der Waals surface area contributed by atoms with Gasteiger partial charge in [0.05, 0.1) is 6.42 Å². The van der Waals surface area contributed by atoms with Gasteiger partial charge in [0.1, 0.15) is 11.7 Å². The smallest absolute Gasteiger partial charge is 0.326 e. The molecule has 2 aromatic rings. The number of carboxylic acid groups (broad SMARTS) is 2. The van der Waals surface area contributed by atoms with Gasteiger partial charge in [0.25, 0.3) is 0 Å². The highest BCUT2D eigenvalue weighted by Gasteiger charge is 2.22. The number of nitrogens with one attached hydrogen (secondary N) is 1. The number of aliphatic carboxylic acids is 2. The van der Waals surface area contributed by atoms with Gasteiger partial charge >= 0.3 is 11.9 Å². The first-order valence-electron chi connectivity index (χ1n) is 7.37. The van der Waals surface area contributed by atoms with Gasteiger partial charge in [-0.1, -0.05) is 5.16 Å². The second-order valence-electron chi connectivity index (χ2n) is 5.63. The fourth-order valence-corrected chi connectivity index (χ4v) is 2.29. The highest BCUT2D eigenvalue weighted by molar-refractivity contribution is 5.89. The minimum Gasteiger partial charge on any atom is -0.481 e. The first-order valence-corrected chi connectivity index (χ1v) is 7.37. The van der Waals surface area contributed by atoms with Crippen LogP contribution < -0.4 is 5.32 Å². The van der Waals surface area contributed by atoms with Crippen molar-refractivity contribution in [1.29, 1.82) is 0 Å². The Balaban J connectivity index is 2.10. The summed E-state index contributed by atoms with van der Waals surface area (Å²) in [7, 11) is 0. The third kappa shape index (κ3) is 4.09. The Morgan fingerprint density at radius 3 is 2.50 bits per heavy atom. The topological polar surface area (TPSA) is 130 Å². The summed E-state index contributed by atoms with van der Waals surface area (Å²) in [4.78, 5) is 33.7. The van der Waals surface area contributed by atoms with E-state index < -0.39 is 23.9 Å². The predicted octanol–water partition coefficient (Wildman–Crippen LogP) is 1.42. The van der Waals surface area contributed by atoms with Crippen molar-refractivity contribution in [2.45, 2.75) is 39.2 Å². The molecular formula is C16H18N2O6. The molecule has 0 spiro atoms. The van der Waals surface area contributed by atoms with Crippen LogP contribution >= 0.6 is 0 Å². The van der Waals surface area contributed by atoms with Crippen LogP contribution in [0.4, 0.5) is 0 Å². The molecule has 3 N–H and O–H groups in total. The summed E-state index contributed by atoms with van der Waals surface area (Å²) in [6.45, 7) is 3.86. The number of aryl methyl sites for hydroxylation is 2. The van der Waals surface area contributed by atoms with Gasteiger partial charge in [-0.25, -0.2) is 4.79 Å². The summed E-state index contributed by atoms with van der Waals surface area (Å²) >= 11 is 0. The minimum absolute atomic E-state index is 0.146.